The predicted molar refractivity (Wildman–Crippen MR) is 323 cm³/mol. The van der Waals surface area contributed by atoms with E-state index >= 15 is 0 Å². The van der Waals surface area contributed by atoms with Crippen molar-refractivity contribution in [3.8, 4) is 23.0 Å². The molecule has 0 amide bonds. The monoisotopic (exact) mass is 1050 g/mol. The topological polar surface area (TPSA) is 18.5 Å². The zero-order valence-corrected chi connectivity index (χ0v) is 50.3. The van der Waals surface area contributed by atoms with Gasteiger partial charge < -0.3 is 9.47 Å². The third-order valence-electron chi connectivity index (χ3n) is 15.5. The summed E-state index contributed by atoms with van der Waals surface area (Å²) >= 11 is 7.73. The quantitative estimate of drug-likeness (QED) is 0.162. The van der Waals surface area contributed by atoms with E-state index in [1.165, 1.54) is 105 Å². The molecule has 2 nitrogen and oxygen atoms in total. The lowest BCUT2D eigenvalue weighted by Gasteiger charge is -2.40. The largest absolute Gasteiger partial charge is 0.457 e. The van der Waals surface area contributed by atoms with Crippen molar-refractivity contribution in [2.45, 2.75) is 196 Å². The van der Waals surface area contributed by atoms with Crippen LogP contribution in [0.2, 0.25) is 0 Å². The van der Waals surface area contributed by atoms with Crippen LogP contribution in [0.5, 0.6) is 23.0 Å². The Balaban J connectivity index is 1.13. The van der Waals surface area contributed by atoms with Crippen LogP contribution in [0.3, 0.4) is 0 Å². The molecule has 0 radical (unpaired) electrons. The molecule has 0 aliphatic carbocycles. The number of rotatable bonds is 4. The van der Waals surface area contributed by atoms with E-state index in [-0.39, 0.29) is 45.9 Å². The second-order valence-electron chi connectivity index (χ2n) is 27.5. The molecule has 8 heteroatoms. The van der Waals surface area contributed by atoms with E-state index in [9.17, 15) is 0 Å². The first-order valence-corrected chi connectivity index (χ1v) is 29.9. The number of hydrogen-bond donors (Lipinski definition) is 0. The van der Waals surface area contributed by atoms with Crippen molar-refractivity contribution >= 4 is 93.2 Å². The molecular weight excluding hydrogens is 975 g/mol. The maximum atomic E-state index is 6.85. The highest BCUT2D eigenvalue weighted by atomic mass is 32.2. The lowest BCUT2D eigenvalue weighted by atomic mass is 9.32. The third kappa shape index (κ3) is 9.32. The van der Waals surface area contributed by atoms with Crippen LogP contribution in [0.15, 0.2) is 148 Å². The number of benzene rings is 7. The summed E-state index contributed by atoms with van der Waals surface area (Å²) in [5.74, 6) is 3.48. The van der Waals surface area contributed by atoms with Gasteiger partial charge in [0.15, 0.2) is 0 Å². The SMILES string of the molecule is CC(C)(C)c1ccc(Oc2cc3c4c(c2)Sc2cc(C(C)(C)C)cc(C(C)(C)C)c2B4c2cc4c(cc2S3)Sc2cc(Oc3ccc(C(C)(C)C)cc3)cc3c2B4c2c(cc(C(C)(C)C)cc2C(C)(C)C)S3)cc1. The Hall–Kier alpha value is -4.33. The van der Waals surface area contributed by atoms with Crippen molar-refractivity contribution in [2.75, 3.05) is 0 Å². The van der Waals surface area contributed by atoms with Crippen LogP contribution in [0.25, 0.3) is 0 Å². The Morgan fingerprint density at radius 1 is 0.270 bits per heavy atom. The van der Waals surface area contributed by atoms with E-state index in [0.29, 0.717) is 0 Å². The summed E-state index contributed by atoms with van der Waals surface area (Å²) in [4.78, 5) is 10.5. The molecule has 378 valence electrons. The van der Waals surface area contributed by atoms with E-state index in [2.05, 4.69) is 234 Å². The van der Waals surface area contributed by atoms with Gasteiger partial charge in [-0.2, -0.15) is 0 Å². The van der Waals surface area contributed by atoms with E-state index in [1.54, 1.807) is 0 Å². The molecule has 4 aliphatic rings. The number of ether oxygens (including phenoxy) is 2. The minimum atomic E-state index is -0.0885. The summed E-state index contributed by atoms with van der Waals surface area (Å²) in [5, 5.41) is 0. The molecule has 0 unspecified atom stereocenters. The fourth-order valence-electron chi connectivity index (χ4n) is 11.2. The Morgan fingerprint density at radius 3 is 0.865 bits per heavy atom. The standard InChI is InChI=1S/C66H72B2O2S4/c1-61(2,3)37-19-23-41(24-20-37)69-43-31-53-59-55(33-43)73-51-29-39(63(7,8)9)27-45(65(13,14)15)57(51)67(59)47-35-48-50(36-49(47)71-53)72-54-32-44(70-42-25-21-38(22-26-42)62(4,5)6)34-56-60(54)68(48)58-46(66(16,17)18)28-40(64(10,11)12)30-52(58)74-56/h19-36H,1-18H3. The zero-order valence-electron chi connectivity index (χ0n) is 47.0. The minimum absolute atomic E-state index is 0.0152. The maximum absolute atomic E-state index is 6.85. The first-order chi connectivity index (χ1) is 34.4. The van der Waals surface area contributed by atoms with Crippen molar-refractivity contribution in [2.24, 2.45) is 0 Å². The molecule has 0 bridgehead atoms. The van der Waals surface area contributed by atoms with E-state index in [4.69, 9.17) is 9.47 Å². The molecule has 0 atom stereocenters. The normalized spacial score (nSPS) is 14.9. The number of hydrogen-bond acceptors (Lipinski definition) is 6. The van der Waals surface area contributed by atoms with Crippen molar-refractivity contribution in [1.29, 1.82) is 0 Å². The van der Waals surface area contributed by atoms with Gasteiger partial charge >= 0.3 is 0 Å². The molecule has 0 saturated heterocycles. The maximum Gasteiger partial charge on any atom is 0.247 e. The fourth-order valence-corrected chi connectivity index (χ4v) is 16.4. The second-order valence-corrected chi connectivity index (χ2v) is 31.8. The summed E-state index contributed by atoms with van der Waals surface area (Å²) in [6.45, 7) is 42.3. The molecule has 0 N–H and O–H groups in total. The summed E-state index contributed by atoms with van der Waals surface area (Å²) < 4.78 is 13.7. The Kier molecular flexibility index (Phi) is 12.3. The fraction of sp³-hybridized carbons (Fsp3) is 0.364. The smallest absolute Gasteiger partial charge is 0.247 e. The molecule has 0 spiro atoms. The molecule has 7 aromatic carbocycles. The van der Waals surface area contributed by atoms with E-state index in [0.717, 1.165) is 23.0 Å². The van der Waals surface area contributed by atoms with Crippen molar-refractivity contribution in [3.63, 3.8) is 0 Å². The molecule has 4 heterocycles. The van der Waals surface area contributed by atoms with Gasteiger partial charge in [0.2, 0.25) is 13.4 Å². The molecule has 11 rings (SSSR count). The molecule has 4 aliphatic heterocycles. The highest BCUT2D eigenvalue weighted by Crippen LogP contribution is 2.48. The lowest BCUT2D eigenvalue weighted by Crippen LogP contribution is -2.64. The molecular formula is C66H72B2O2S4. The lowest BCUT2D eigenvalue weighted by molar-refractivity contribution is 0.478. The van der Waals surface area contributed by atoms with Gasteiger partial charge in [-0.05, 0) is 144 Å². The van der Waals surface area contributed by atoms with Gasteiger partial charge in [-0.1, -0.05) is 236 Å². The van der Waals surface area contributed by atoms with Crippen molar-refractivity contribution < 1.29 is 9.47 Å². The van der Waals surface area contributed by atoms with Gasteiger partial charge in [-0.3, -0.25) is 0 Å². The predicted octanol–water partition coefficient (Wildman–Crippen LogP) is 15.9. The van der Waals surface area contributed by atoms with Crippen molar-refractivity contribution in [3.05, 3.63) is 143 Å². The average Bonchev–Trinajstić information content (AvgIpc) is 3.28. The molecule has 0 fully saturated rings. The van der Waals surface area contributed by atoms with Gasteiger partial charge in [0.25, 0.3) is 0 Å². The summed E-state index contributed by atoms with van der Waals surface area (Å²) in [6.07, 6.45) is 0. The zero-order chi connectivity index (χ0) is 53.0. The minimum Gasteiger partial charge on any atom is -0.457 e. The van der Waals surface area contributed by atoms with Gasteiger partial charge in [-0.15, -0.1) is 0 Å². The second kappa shape index (κ2) is 17.6. The molecule has 7 aromatic rings. The van der Waals surface area contributed by atoms with E-state index in [1.807, 2.05) is 47.0 Å². The summed E-state index contributed by atoms with van der Waals surface area (Å²) in [6, 6.07) is 42.1. The number of fused-ring (bicyclic) bond motifs is 8. The molecule has 0 aromatic heterocycles. The first kappa shape index (κ1) is 51.8. The van der Waals surface area contributed by atoms with Crippen LogP contribution in [0, 0.1) is 0 Å². The summed E-state index contributed by atoms with van der Waals surface area (Å²) in [5.41, 5.74) is 16.7. The first-order valence-electron chi connectivity index (χ1n) is 26.6. The highest BCUT2D eigenvalue weighted by Gasteiger charge is 2.47. The van der Waals surface area contributed by atoms with Crippen LogP contribution in [0.1, 0.15) is 158 Å². The average molecular weight is 1050 g/mol. The van der Waals surface area contributed by atoms with Gasteiger partial charge in [-0.25, -0.2) is 0 Å². The van der Waals surface area contributed by atoms with Crippen LogP contribution >= 0.6 is 47.0 Å². The third-order valence-corrected chi connectivity index (χ3v) is 20.0. The van der Waals surface area contributed by atoms with Crippen LogP contribution in [0.4, 0.5) is 0 Å². The van der Waals surface area contributed by atoms with Crippen LogP contribution in [-0.4, -0.2) is 13.4 Å². The van der Waals surface area contributed by atoms with E-state index < -0.39 is 0 Å². The Labute approximate surface area is 461 Å². The van der Waals surface area contributed by atoms with Crippen LogP contribution in [-0.2, 0) is 32.5 Å². The summed E-state index contributed by atoms with van der Waals surface area (Å²) in [7, 11) is 0. The highest BCUT2D eigenvalue weighted by molar-refractivity contribution is 8.02. The van der Waals surface area contributed by atoms with Gasteiger partial charge in [0, 0.05) is 39.2 Å². The van der Waals surface area contributed by atoms with Gasteiger partial charge in [0.1, 0.15) is 23.0 Å². The van der Waals surface area contributed by atoms with Gasteiger partial charge in [0.05, 0.1) is 0 Å². The molecule has 0 saturated carbocycles. The van der Waals surface area contributed by atoms with Crippen LogP contribution < -0.4 is 42.3 Å². The van der Waals surface area contributed by atoms with Crippen molar-refractivity contribution in [1.82, 2.24) is 0 Å². The molecule has 74 heavy (non-hydrogen) atoms. The Morgan fingerprint density at radius 2 is 0.568 bits per heavy atom. The Bertz CT molecular complexity index is 3210.